The molecule has 0 aliphatic carbocycles. The van der Waals surface area contributed by atoms with E-state index in [0.717, 1.165) is 23.5 Å². The van der Waals surface area contributed by atoms with Gasteiger partial charge in [0.05, 0.1) is 25.5 Å². The number of para-hydroxylation sites is 1. The van der Waals surface area contributed by atoms with Crippen LogP contribution in [0.15, 0.2) is 54.7 Å². The summed E-state index contributed by atoms with van der Waals surface area (Å²) in [6.45, 7) is 1.03. The second-order valence-corrected chi connectivity index (χ2v) is 6.04. The summed E-state index contributed by atoms with van der Waals surface area (Å²) in [4.78, 5) is 14.2. The Kier molecular flexibility index (Phi) is 4.27. The Morgan fingerprint density at radius 1 is 1.19 bits per heavy atom. The number of urea groups is 1. The zero-order valence-corrected chi connectivity index (χ0v) is 14.4. The lowest BCUT2D eigenvalue weighted by Crippen LogP contribution is -2.38. The van der Waals surface area contributed by atoms with Crippen molar-refractivity contribution in [3.05, 3.63) is 66.0 Å². The minimum absolute atomic E-state index is 0.117. The molecule has 132 valence electrons. The molecule has 7 heteroatoms. The maximum absolute atomic E-state index is 12.5. The number of fused-ring (bicyclic) bond motifs is 1. The minimum atomic E-state index is -0.117. The fourth-order valence-electron chi connectivity index (χ4n) is 3.05. The first-order valence-electron chi connectivity index (χ1n) is 8.43. The second-order valence-electron chi connectivity index (χ2n) is 6.04. The fraction of sp³-hybridized carbons (Fsp3) is 0.211. The van der Waals surface area contributed by atoms with Crippen molar-refractivity contribution in [1.29, 1.82) is 0 Å². The monoisotopic (exact) mass is 349 g/mol. The zero-order valence-electron chi connectivity index (χ0n) is 14.4. The molecule has 1 N–H and O–H groups in total. The number of carbonyl (C=O) groups is 1. The van der Waals surface area contributed by atoms with Gasteiger partial charge in [0.15, 0.2) is 0 Å². The van der Waals surface area contributed by atoms with Crippen molar-refractivity contribution in [3.8, 4) is 11.4 Å². The summed E-state index contributed by atoms with van der Waals surface area (Å²) in [5, 5.41) is 11.2. The molecule has 7 nitrogen and oxygen atoms in total. The third-order valence-electron chi connectivity index (χ3n) is 4.43. The summed E-state index contributed by atoms with van der Waals surface area (Å²) in [6, 6.07) is 15.4. The van der Waals surface area contributed by atoms with Crippen LogP contribution in [0, 0.1) is 0 Å². The minimum Gasteiger partial charge on any atom is -0.497 e. The zero-order chi connectivity index (χ0) is 17.9. The van der Waals surface area contributed by atoms with Crippen molar-refractivity contribution in [2.24, 2.45) is 0 Å². The van der Waals surface area contributed by atoms with Crippen LogP contribution in [0.3, 0.4) is 0 Å². The lowest BCUT2D eigenvalue weighted by Gasteiger charge is -2.17. The molecule has 2 amide bonds. The van der Waals surface area contributed by atoms with Crippen LogP contribution in [-0.4, -0.2) is 34.7 Å². The summed E-state index contributed by atoms with van der Waals surface area (Å²) in [7, 11) is 1.63. The number of carbonyl (C=O) groups excluding carboxylic acids is 1. The van der Waals surface area contributed by atoms with Crippen molar-refractivity contribution in [2.45, 2.75) is 13.0 Å². The van der Waals surface area contributed by atoms with Gasteiger partial charge in [0.1, 0.15) is 11.4 Å². The number of benzene rings is 2. The Balaban J connectivity index is 1.39. The van der Waals surface area contributed by atoms with Gasteiger partial charge in [0.2, 0.25) is 0 Å². The van der Waals surface area contributed by atoms with Gasteiger partial charge in [0.25, 0.3) is 0 Å². The Bertz CT molecular complexity index is 920. The molecule has 0 unspecified atom stereocenters. The Hall–Kier alpha value is -3.35. The van der Waals surface area contributed by atoms with Gasteiger partial charge in [0, 0.05) is 12.2 Å². The molecule has 2 heterocycles. The van der Waals surface area contributed by atoms with Crippen LogP contribution in [0.4, 0.5) is 10.5 Å². The fourth-order valence-corrected chi connectivity index (χ4v) is 3.05. The van der Waals surface area contributed by atoms with Crippen molar-refractivity contribution >= 4 is 11.7 Å². The molecular weight excluding hydrogens is 330 g/mol. The number of ether oxygens (including phenoxy) is 1. The molecular formula is C19H19N5O2. The van der Waals surface area contributed by atoms with Crippen LogP contribution in [0.25, 0.3) is 5.69 Å². The van der Waals surface area contributed by atoms with E-state index in [4.69, 9.17) is 4.74 Å². The summed E-state index contributed by atoms with van der Waals surface area (Å²) < 4.78 is 6.82. The molecule has 0 atom stereocenters. The average Bonchev–Trinajstić information content (AvgIpc) is 3.33. The topological polar surface area (TPSA) is 72.3 Å². The maximum Gasteiger partial charge on any atom is 0.322 e. The van der Waals surface area contributed by atoms with E-state index in [1.807, 2.05) is 42.5 Å². The van der Waals surface area contributed by atoms with Crippen LogP contribution in [-0.2, 0) is 13.0 Å². The van der Waals surface area contributed by atoms with Crippen LogP contribution in [0.2, 0.25) is 0 Å². The van der Waals surface area contributed by atoms with Gasteiger partial charge in [-0.05, 0) is 42.3 Å². The first kappa shape index (κ1) is 16.1. The van der Waals surface area contributed by atoms with Crippen LogP contribution < -0.4 is 15.0 Å². The van der Waals surface area contributed by atoms with Gasteiger partial charge in [-0.25, -0.2) is 9.48 Å². The lowest BCUT2D eigenvalue weighted by atomic mass is 10.2. The van der Waals surface area contributed by atoms with Gasteiger partial charge in [-0.3, -0.25) is 4.90 Å². The molecule has 1 aliphatic rings. The molecule has 0 fully saturated rings. The summed E-state index contributed by atoms with van der Waals surface area (Å²) in [5.74, 6) is 0.784. The summed E-state index contributed by atoms with van der Waals surface area (Å²) in [6.07, 6.45) is 2.69. The number of nitrogens with zero attached hydrogens (tertiary/aromatic N) is 4. The van der Waals surface area contributed by atoms with Gasteiger partial charge in [-0.15, -0.1) is 5.10 Å². The predicted octanol–water partition coefficient (Wildman–Crippen LogP) is 2.55. The van der Waals surface area contributed by atoms with Gasteiger partial charge in [-0.2, -0.15) is 0 Å². The molecule has 1 aromatic heterocycles. The number of amides is 2. The first-order chi connectivity index (χ1) is 12.7. The van der Waals surface area contributed by atoms with E-state index < -0.39 is 0 Å². The number of anilines is 1. The number of methoxy groups -OCH3 is 1. The second kappa shape index (κ2) is 6.87. The van der Waals surface area contributed by atoms with Crippen LogP contribution in [0.1, 0.15) is 11.3 Å². The van der Waals surface area contributed by atoms with Crippen molar-refractivity contribution < 1.29 is 9.53 Å². The molecule has 26 heavy (non-hydrogen) atoms. The number of nitrogens with one attached hydrogen (secondary N) is 1. The molecule has 1 aliphatic heterocycles. The van der Waals surface area contributed by atoms with Crippen molar-refractivity contribution in [2.75, 3.05) is 18.6 Å². The molecule has 3 aromatic rings. The normalized spacial score (nSPS) is 12.7. The largest absolute Gasteiger partial charge is 0.497 e. The van der Waals surface area contributed by atoms with Crippen LogP contribution >= 0.6 is 0 Å². The Labute approximate surface area is 151 Å². The molecule has 2 aromatic carbocycles. The van der Waals surface area contributed by atoms with Gasteiger partial charge >= 0.3 is 6.03 Å². The highest BCUT2D eigenvalue weighted by Crippen LogP contribution is 2.27. The van der Waals surface area contributed by atoms with E-state index in [2.05, 4.69) is 21.7 Å². The van der Waals surface area contributed by atoms with E-state index >= 15 is 0 Å². The third kappa shape index (κ3) is 3.11. The quantitative estimate of drug-likeness (QED) is 0.786. The Morgan fingerprint density at radius 2 is 2.00 bits per heavy atom. The molecule has 0 bridgehead atoms. The number of hydrogen-bond acceptors (Lipinski definition) is 4. The third-order valence-corrected chi connectivity index (χ3v) is 4.43. The van der Waals surface area contributed by atoms with Crippen molar-refractivity contribution in [3.63, 3.8) is 0 Å². The smallest absolute Gasteiger partial charge is 0.322 e. The SMILES string of the molecule is COc1ccc(-n2cc(CNC(=O)N3CCc4ccccc43)nn2)cc1. The highest BCUT2D eigenvalue weighted by Gasteiger charge is 2.23. The number of aromatic nitrogens is 3. The highest BCUT2D eigenvalue weighted by atomic mass is 16.5. The van der Waals surface area contributed by atoms with E-state index in [1.165, 1.54) is 5.56 Å². The molecule has 0 saturated carbocycles. The predicted molar refractivity (Wildman–Crippen MR) is 97.6 cm³/mol. The molecule has 0 spiro atoms. The van der Waals surface area contributed by atoms with Crippen molar-refractivity contribution in [1.82, 2.24) is 20.3 Å². The van der Waals surface area contributed by atoms with Gasteiger partial charge < -0.3 is 10.1 Å². The molecule has 0 radical (unpaired) electrons. The average molecular weight is 349 g/mol. The molecule has 0 saturated heterocycles. The summed E-state index contributed by atoms with van der Waals surface area (Å²) >= 11 is 0. The van der Waals surface area contributed by atoms with E-state index in [9.17, 15) is 4.79 Å². The first-order valence-corrected chi connectivity index (χ1v) is 8.43. The van der Waals surface area contributed by atoms with E-state index in [1.54, 1.807) is 22.9 Å². The van der Waals surface area contributed by atoms with Gasteiger partial charge in [-0.1, -0.05) is 23.4 Å². The van der Waals surface area contributed by atoms with E-state index in [-0.39, 0.29) is 6.03 Å². The standard InChI is InChI=1S/C19H19N5O2/c1-26-17-8-6-16(7-9-17)24-13-15(21-22-24)12-20-19(25)23-11-10-14-4-2-3-5-18(14)23/h2-9,13H,10-12H2,1H3,(H,20,25). The lowest BCUT2D eigenvalue weighted by molar-refractivity contribution is 0.246. The molecule has 4 rings (SSSR count). The van der Waals surface area contributed by atoms with E-state index in [0.29, 0.717) is 18.8 Å². The number of hydrogen-bond donors (Lipinski definition) is 1. The highest BCUT2D eigenvalue weighted by molar-refractivity contribution is 5.94. The maximum atomic E-state index is 12.5. The summed E-state index contributed by atoms with van der Waals surface area (Å²) in [5.41, 5.74) is 3.76. The Morgan fingerprint density at radius 3 is 2.81 bits per heavy atom. The number of rotatable bonds is 4. The van der Waals surface area contributed by atoms with Crippen LogP contribution in [0.5, 0.6) is 5.75 Å².